The molecule has 1 aliphatic rings. The molecule has 0 aliphatic carbocycles. The Morgan fingerprint density at radius 3 is 2.67 bits per heavy atom. The van der Waals surface area contributed by atoms with Gasteiger partial charge in [0.1, 0.15) is 16.1 Å². The van der Waals surface area contributed by atoms with Crippen LogP contribution in [0.15, 0.2) is 42.5 Å². The number of carbonyl (C=O) groups is 1. The number of hydrogen-bond donors (Lipinski definition) is 1. The summed E-state index contributed by atoms with van der Waals surface area (Å²) in [4.78, 5) is 22.8. The molecule has 33 heavy (non-hydrogen) atoms. The topological polar surface area (TPSA) is 57.7 Å². The second kappa shape index (κ2) is 9.85. The number of nitrogens with zero attached hydrogens (tertiary/aromatic N) is 3. The molecule has 0 radical (unpaired) electrons. The molecule has 1 amide bonds. The Labute approximate surface area is 205 Å². The van der Waals surface area contributed by atoms with Gasteiger partial charge in [0.2, 0.25) is 0 Å². The van der Waals surface area contributed by atoms with Crippen LogP contribution in [0.25, 0.3) is 20.3 Å². The molecule has 2 aromatic carbocycles. The first-order valence-electron chi connectivity index (χ1n) is 11.1. The van der Waals surface area contributed by atoms with Crippen molar-refractivity contribution in [3.63, 3.8) is 0 Å². The largest absolute Gasteiger partial charge is 0.492 e. The smallest absolute Gasteiger partial charge is 0.262 e. The van der Waals surface area contributed by atoms with Crippen molar-refractivity contribution in [3.05, 3.63) is 52.4 Å². The molecule has 9 heteroatoms. The van der Waals surface area contributed by atoms with Crippen molar-refractivity contribution in [2.75, 3.05) is 50.8 Å². The first-order chi connectivity index (χ1) is 16.1. The fraction of sp³-hybridized carbons (Fsp3) is 0.333. The summed E-state index contributed by atoms with van der Waals surface area (Å²) < 4.78 is 7.92. The third kappa shape index (κ3) is 4.66. The van der Waals surface area contributed by atoms with Gasteiger partial charge in [0.25, 0.3) is 5.91 Å². The summed E-state index contributed by atoms with van der Waals surface area (Å²) in [5.41, 5.74) is 0.949. The van der Waals surface area contributed by atoms with Crippen molar-refractivity contribution in [1.82, 2.24) is 15.2 Å². The number of nitrogens with one attached hydrogen (secondary N) is 1. The summed E-state index contributed by atoms with van der Waals surface area (Å²) in [5.74, 6) is 0.755. The van der Waals surface area contributed by atoms with Gasteiger partial charge < -0.3 is 15.0 Å². The van der Waals surface area contributed by atoms with Gasteiger partial charge in [0.15, 0.2) is 5.13 Å². The van der Waals surface area contributed by atoms with Gasteiger partial charge in [0, 0.05) is 49.4 Å². The van der Waals surface area contributed by atoms with Crippen LogP contribution in [0, 0.1) is 0 Å². The molecule has 5 rings (SSSR count). The van der Waals surface area contributed by atoms with Gasteiger partial charge in [-0.3, -0.25) is 9.69 Å². The zero-order valence-corrected chi connectivity index (χ0v) is 20.7. The number of halogens is 1. The molecule has 1 aliphatic heterocycles. The van der Waals surface area contributed by atoms with E-state index in [9.17, 15) is 4.79 Å². The lowest BCUT2D eigenvalue weighted by atomic mass is 10.2. The normalized spacial score (nSPS) is 14.8. The van der Waals surface area contributed by atoms with Crippen LogP contribution in [0.1, 0.15) is 16.6 Å². The fourth-order valence-electron chi connectivity index (χ4n) is 4.05. The second-order valence-electron chi connectivity index (χ2n) is 7.86. The zero-order chi connectivity index (χ0) is 22.8. The highest BCUT2D eigenvalue weighted by Crippen LogP contribution is 2.35. The van der Waals surface area contributed by atoms with Crippen LogP contribution in [-0.4, -0.2) is 61.7 Å². The number of anilines is 1. The highest BCUT2D eigenvalue weighted by molar-refractivity contribution is 7.22. The van der Waals surface area contributed by atoms with Crippen molar-refractivity contribution in [2.24, 2.45) is 0 Å². The van der Waals surface area contributed by atoms with E-state index in [-0.39, 0.29) is 5.91 Å². The van der Waals surface area contributed by atoms with E-state index in [0.717, 1.165) is 63.9 Å². The molecule has 0 saturated carbocycles. The van der Waals surface area contributed by atoms with Crippen LogP contribution in [0.3, 0.4) is 0 Å². The van der Waals surface area contributed by atoms with Crippen LogP contribution in [0.2, 0.25) is 5.02 Å². The fourth-order valence-corrected chi connectivity index (χ4v) is 6.52. The molecule has 0 unspecified atom stereocenters. The summed E-state index contributed by atoms with van der Waals surface area (Å²) in [6, 6.07) is 13.9. The van der Waals surface area contributed by atoms with Gasteiger partial charge in [-0.15, -0.1) is 11.3 Å². The second-order valence-corrected chi connectivity index (χ2v) is 10.3. The van der Waals surface area contributed by atoms with Crippen molar-refractivity contribution in [2.45, 2.75) is 6.92 Å². The molecular formula is C24H25ClN4O2S2. The van der Waals surface area contributed by atoms with Crippen molar-refractivity contribution in [1.29, 1.82) is 0 Å². The molecule has 1 N–H and O–H groups in total. The van der Waals surface area contributed by atoms with Crippen LogP contribution in [0.4, 0.5) is 5.13 Å². The van der Waals surface area contributed by atoms with Gasteiger partial charge in [0.05, 0.1) is 16.3 Å². The number of ether oxygens (including phenoxy) is 1. The quantitative estimate of drug-likeness (QED) is 0.382. The number of aromatic nitrogens is 1. The molecular weight excluding hydrogens is 476 g/mol. The number of amides is 1. The number of thiazole rings is 1. The Balaban J connectivity index is 1.14. The van der Waals surface area contributed by atoms with Gasteiger partial charge in [-0.25, -0.2) is 4.98 Å². The number of hydrogen-bond acceptors (Lipinski definition) is 7. The van der Waals surface area contributed by atoms with E-state index >= 15 is 0 Å². The lowest BCUT2D eigenvalue weighted by Gasteiger charge is -2.34. The summed E-state index contributed by atoms with van der Waals surface area (Å²) in [5, 5.41) is 5.57. The van der Waals surface area contributed by atoms with Crippen LogP contribution in [0.5, 0.6) is 5.75 Å². The molecule has 6 nitrogen and oxygen atoms in total. The van der Waals surface area contributed by atoms with Crippen molar-refractivity contribution in [3.8, 4) is 5.75 Å². The maximum atomic E-state index is 12.6. The van der Waals surface area contributed by atoms with Crippen LogP contribution < -0.4 is 15.0 Å². The highest BCUT2D eigenvalue weighted by atomic mass is 35.5. The summed E-state index contributed by atoms with van der Waals surface area (Å²) in [6.45, 7) is 7.75. The first-order valence-corrected chi connectivity index (χ1v) is 13.1. The number of thiophene rings is 1. The Morgan fingerprint density at radius 1 is 1.09 bits per heavy atom. The molecule has 1 saturated heterocycles. The van der Waals surface area contributed by atoms with E-state index in [1.54, 1.807) is 11.3 Å². The van der Waals surface area contributed by atoms with Gasteiger partial charge in [-0.2, -0.15) is 0 Å². The molecule has 1 fully saturated rings. The van der Waals surface area contributed by atoms with Gasteiger partial charge >= 0.3 is 0 Å². The molecule has 2 aromatic heterocycles. The summed E-state index contributed by atoms with van der Waals surface area (Å²) >= 11 is 9.59. The highest BCUT2D eigenvalue weighted by Gasteiger charge is 2.21. The maximum Gasteiger partial charge on any atom is 0.262 e. The minimum Gasteiger partial charge on any atom is -0.492 e. The average Bonchev–Trinajstić information content (AvgIpc) is 3.42. The molecule has 172 valence electrons. The maximum absolute atomic E-state index is 12.6. The van der Waals surface area contributed by atoms with E-state index in [1.165, 1.54) is 11.3 Å². The number of benzene rings is 2. The van der Waals surface area contributed by atoms with Crippen molar-refractivity contribution < 1.29 is 9.53 Å². The van der Waals surface area contributed by atoms with Crippen LogP contribution >= 0.6 is 34.3 Å². The molecule has 3 heterocycles. The monoisotopic (exact) mass is 500 g/mol. The number of fused-ring (bicyclic) bond motifs is 2. The lowest BCUT2D eigenvalue weighted by Crippen LogP contribution is -2.48. The number of rotatable bonds is 7. The van der Waals surface area contributed by atoms with E-state index in [1.807, 2.05) is 43.3 Å². The predicted octanol–water partition coefficient (Wildman–Crippen LogP) is 5.12. The van der Waals surface area contributed by atoms with Gasteiger partial charge in [-0.05, 0) is 25.1 Å². The third-order valence-electron chi connectivity index (χ3n) is 5.77. The Bertz CT molecular complexity index is 1280. The number of para-hydroxylation sites is 1. The Hall–Kier alpha value is -2.39. The van der Waals surface area contributed by atoms with E-state index in [2.05, 4.69) is 21.2 Å². The van der Waals surface area contributed by atoms with Gasteiger partial charge in [-0.1, -0.05) is 47.2 Å². The van der Waals surface area contributed by atoms with E-state index in [0.29, 0.717) is 23.1 Å². The Kier molecular flexibility index (Phi) is 6.69. The minimum absolute atomic E-state index is 0.0978. The molecule has 4 aromatic rings. The van der Waals surface area contributed by atoms with E-state index in [4.69, 9.17) is 21.3 Å². The molecule has 0 spiro atoms. The third-order valence-corrected chi connectivity index (χ3v) is 8.52. The molecule has 0 atom stereocenters. The standard InChI is InChI=1S/C24H25ClN4O2S2/c1-2-31-17-7-5-9-19-21(17)27-24(33-19)29-14-12-28(13-15-29)11-10-26-23(30)22-20(25)16-6-3-4-8-18(16)32-22/h3-9H,2,10-15H2,1H3,(H,26,30). The number of piperazine rings is 1. The Morgan fingerprint density at radius 2 is 1.88 bits per heavy atom. The van der Waals surface area contributed by atoms with Crippen LogP contribution in [-0.2, 0) is 0 Å². The van der Waals surface area contributed by atoms with E-state index < -0.39 is 0 Å². The SMILES string of the molecule is CCOc1cccc2sc(N3CCN(CCNC(=O)c4sc5ccccc5c4Cl)CC3)nc12. The zero-order valence-electron chi connectivity index (χ0n) is 18.3. The average molecular weight is 501 g/mol. The predicted molar refractivity (Wildman–Crippen MR) is 139 cm³/mol. The number of carbonyl (C=O) groups excluding carboxylic acids is 1. The molecule has 0 bridgehead atoms. The van der Waals surface area contributed by atoms with Crippen molar-refractivity contribution >= 4 is 65.6 Å². The first kappa shape index (κ1) is 22.4. The summed E-state index contributed by atoms with van der Waals surface area (Å²) in [6.07, 6.45) is 0. The lowest BCUT2D eigenvalue weighted by molar-refractivity contribution is 0.0952. The minimum atomic E-state index is -0.0978. The summed E-state index contributed by atoms with van der Waals surface area (Å²) in [7, 11) is 0.